The van der Waals surface area contributed by atoms with E-state index in [0.29, 0.717) is 21.1 Å². The molecule has 2 aromatic heterocycles. The summed E-state index contributed by atoms with van der Waals surface area (Å²) >= 11 is 1.04. The average Bonchev–Trinajstić information content (AvgIpc) is 3.35. The lowest BCUT2D eigenvalue weighted by Crippen LogP contribution is -2.31. The number of thiazole rings is 1. The molecule has 2 heterocycles. The van der Waals surface area contributed by atoms with Crippen LogP contribution in [0.3, 0.4) is 0 Å². The molecule has 1 aromatic carbocycles. The van der Waals surface area contributed by atoms with Gasteiger partial charge >= 0.3 is 6.43 Å². The molecular formula is C17H17F3N4O3S2. The second-order valence-corrected chi connectivity index (χ2v) is 9.28. The Hall–Kier alpha value is -2.47. The SMILES string of the molecule is CCS(=O)(=O)N(Cc1ncc(-c2nnc(C(F)F)o2)s1)c1cccc([C@@H](C)F)c1. The van der Waals surface area contributed by atoms with Crippen molar-refractivity contribution in [2.75, 3.05) is 10.1 Å². The first-order valence-corrected chi connectivity index (χ1v) is 10.9. The summed E-state index contributed by atoms with van der Waals surface area (Å²) in [4.78, 5) is 4.47. The van der Waals surface area contributed by atoms with E-state index in [9.17, 15) is 21.6 Å². The predicted octanol–water partition coefficient (Wildman–Crippen LogP) is 4.52. The van der Waals surface area contributed by atoms with Crippen molar-refractivity contribution in [3.63, 3.8) is 0 Å². The van der Waals surface area contributed by atoms with Gasteiger partial charge in [-0.1, -0.05) is 12.1 Å². The number of alkyl halides is 3. The van der Waals surface area contributed by atoms with E-state index in [4.69, 9.17) is 4.42 Å². The molecule has 0 aliphatic rings. The van der Waals surface area contributed by atoms with Crippen LogP contribution in [-0.4, -0.2) is 29.4 Å². The fourth-order valence-electron chi connectivity index (χ4n) is 2.46. The highest BCUT2D eigenvalue weighted by molar-refractivity contribution is 7.92. The Labute approximate surface area is 169 Å². The van der Waals surface area contributed by atoms with Crippen LogP contribution in [0.5, 0.6) is 0 Å². The van der Waals surface area contributed by atoms with Gasteiger partial charge in [-0.25, -0.2) is 17.8 Å². The Morgan fingerprint density at radius 2 is 2.00 bits per heavy atom. The van der Waals surface area contributed by atoms with E-state index in [2.05, 4.69) is 15.2 Å². The van der Waals surface area contributed by atoms with Crippen LogP contribution < -0.4 is 4.31 Å². The predicted molar refractivity (Wildman–Crippen MR) is 102 cm³/mol. The molecule has 0 aliphatic heterocycles. The molecule has 0 fully saturated rings. The van der Waals surface area contributed by atoms with Crippen molar-refractivity contribution in [1.82, 2.24) is 15.2 Å². The van der Waals surface area contributed by atoms with Crippen LogP contribution in [0.1, 0.15) is 42.9 Å². The smallest absolute Gasteiger partial charge is 0.314 e. The van der Waals surface area contributed by atoms with E-state index in [0.717, 1.165) is 15.6 Å². The summed E-state index contributed by atoms with van der Waals surface area (Å²) in [6.45, 7) is 2.76. The molecular weight excluding hydrogens is 429 g/mol. The first kappa shape index (κ1) is 21.2. The minimum absolute atomic E-state index is 0.110. The van der Waals surface area contributed by atoms with Gasteiger partial charge < -0.3 is 4.42 Å². The third-order valence-electron chi connectivity index (χ3n) is 3.99. The summed E-state index contributed by atoms with van der Waals surface area (Å²) in [6.07, 6.45) is -2.80. The third-order valence-corrected chi connectivity index (χ3v) is 6.70. The lowest BCUT2D eigenvalue weighted by Gasteiger charge is -2.23. The number of halogens is 3. The summed E-state index contributed by atoms with van der Waals surface area (Å²) in [5.41, 5.74) is 0.660. The number of rotatable bonds is 8. The number of sulfonamides is 1. The largest absolute Gasteiger partial charge is 0.414 e. The van der Waals surface area contributed by atoms with Gasteiger partial charge in [0.15, 0.2) is 0 Å². The van der Waals surface area contributed by atoms with Crippen LogP contribution in [0.15, 0.2) is 34.9 Å². The van der Waals surface area contributed by atoms with Gasteiger partial charge in [-0.2, -0.15) is 8.78 Å². The van der Waals surface area contributed by atoms with E-state index < -0.39 is 28.5 Å². The van der Waals surface area contributed by atoms with Crippen molar-refractivity contribution in [2.45, 2.75) is 33.0 Å². The molecule has 3 aromatic rings. The van der Waals surface area contributed by atoms with Gasteiger partial charge in [0, 0.05) is 0 Å². The van der Waals surface area contributed by atoms with Crippen LogP contribution in [0.2, 0.25) is 0 Å². The molecule has 0 saturated carbocycles. The summed E-state index contributed by atoms with van der Waals surface area (Å²) < 4.78 is 70.2. The van der Waals surface area contributed by atoms with Gasteiger partial charge in [-0.3, -0.25) is 4.31 Å². The first-order valence-electron chi connectivity index (χ1n) is 8.52. The van der Waals surface area contributed by atoms with Crippen LogP contribution in [0, 0.1) is 0 Å². The number of hydrogen-bond donors (Lipinski definition) is 0. The van der Waals surface area contributed by atoms with Crippen LogP contribution in [0.4, 0.5) is 18.9 Å². The molecule has 0 N–H and O–H groups in total. The Bertz CT molecular complexity index is 1080. The second kappa shape index (κ2) is 8.49. The number of hydrogen-bond acceptors (Lipinski definition) is 7. The van der Waals surface area contributed by atoms with Crippen molar-refractivity contribution in [3.05, 3.63) is 46.9 Å². The summed E-state index contributed by atoms with van der Waals surface area (Å²) in [5, 5.41) is 7.20. The highest BCUT2D eigenvalue weighted by Crippen LogP contribution is 2.31. The van der Waals surface area contributed by atoms with Crippen molar-refractivity contribution >= 4 is 27.0 Å². The van der Waals surface area contributed by atoms with Crippen LogP contribution in [0.25, 0.3) is 10.8 Å². The highest BCUT2D eigenvalue weighted by Gasteiger charge is 2.24. The number of anilines is 1. The zero-order valence-corrected chi connectivity index (χ0v) is 17.1. The lowest BCUT2D eigenvalue weighted by atomic mass is 10.1. The second-order valence-electron chi connectivity index (χ2n) is 5.98. The third kappa shape index (κ3) is 4.75. The molecule has 0 aliphatic carbocycles. The molecule has 12 heteroatoms. The standard InChI is InChI=1S/C17H17F3N4O3S2/c1-3-29(25,26)24(12-6-4-5-11(7-12)10(2)18)9-14-21-8-13(28-14)16-22-23-17(27-16)15(19)20/h4-8,10,15H,3,9H2,1-2H3/t10-/m1/s1. The molecule has 0 spiro atoms. The minimum Gasteiger partial charge on any atom is -0.414 e. The zero-order chi connectivity index (χ0) is 21.2. The highest BCUT2D eigenvalue weighted by atomic mass is 32.2. The van der Waals surface area contributed by atoms with Crippen molar-refractivity contribution in [1.29, 1.82) is 0 Å². The minimum atomic E-state index is -3.69. The maximum Gasteiger partial charge on any atom is 0.314 e. The Kier molecular flexibility index (Phi) is 6.22. The van der Waals surface area contributed by atoms with E-state index in [-0.39, 0.29) is 18.2 Å². The maximum atomic E-state index is 13.7. The van der Waals surface area contributed by atoms with E-state index in [1.165, 1.54) is 26.1 Å². The monoisotopic (exact) mass is 446 g/mol. The molecule has 0 saturated heterocycles. The molecule has 0 bridgehead atoms. The molecule has 0 unspecified atom stereocenters. The normalized spacial score (nSPS) is 13.0. The molecule has 0 radical (unpaired) electrons. The summed E-state index contributed by atoms with van der Waals surface area (Å²) in [5.74, 6) is -1.09. The summed E-state index contributed by atoms with van der Waals surface area (Å²) in [6, 6.07) is 6.19. The van der Waals surface area contributed by atoms with Gasteiger partial charge in [0.1, 0.15) is 16.1 Å². The van der Waals surface area contributed by atoms with Crippen molar-refractivity contribution in [2.24, 2.45) is 0 Å². The van der Waals surface area contributed by atoms with E-state index in [1.807, 2.05) is 0 Å². The Balaban J connectivity index is 1.91. The van der Waals surface area contributed by atoms with Crippen molar-refractivity contribution < 1.29 is 26.0 Å². The molecule has 3 rings (SSSR count). The Morgan fingerprint density at radius 3 is 2.62 bits per heavy atom. The topological polar surface area (TPSA) is 89.2 Å². The van der Waals surface area contributed by atoms with Gasteiger partial charge in [-0.15, -0.1) is 21.5 Å². The lowest BCUT2D eigenvalue weighted by molar-refractivity contribution is 0.116. The van der Waals surface area contributed by atoms with Crippen molar-refractivity contribution in [3.8, 4) is 10.8 Å². The van der Waals surface area contributed by atoms with E-state index >= 15 is 0 Å². The molecule has 1 atom stereocenters. The van der Waals surface area contributed by atoms with Crippen LogP contribution >= 0.6 is 11.3 Å². The quantitative estimate of drug-likeness (QED) is 0.506. The summed E-state index contributed by atoms with van der Waals surface area (Å²) in [7, 11) is -3.69. The van der Waals surface area contributed by atoms with Crippen LogP contribution in [-0.2, 0) is 16.6 Å². The zero-order valence-electron chi connectivity index (χ0n) is 15.4. The average molecular weight is 446 g/mol. The van der Waals surface area contributed by atoms with Gasteiger partial charge in [-0.05, 0) is 31.5 Å². The molecule has 29 heavy (non-hydrogen) atoms. The van der Waals surface area contributed by atoms with E-state index in [1.54, 1.807) is 18.2 Å². The van der Waals surface area contributed by atoms with Gasteiger partial charge in [0.2, 0.25) is 10.0 Å². The molecule has 156 valence electrons. The van der Waals surface area contributed by atoms with Gasteiger partial charge in [0.25, 0.3) is 11.8 Å². The van der Waals surface area contributed by atoms with Gasteiger partial charge in [0.05, 0.1) is 24.2 Å². The molecule has 0 amide bonds. The molecule has 7 nitrogen and oxygen atoms in total. The number of benzene rings is 1. The number of aromatic nitrogens is 3. The first-order chi connectivity index (χ1) is 13.7. The number of nitrogens with zero attached hydrogens (tertiary/aromatic N) is 4. The maximum absolute atomic E-state index is 13.7. The fraction of sp³-hybridized carbons (Fsp3) is 0.353. The fourth-order valence-corrected chi connectivity index (χ4v) is 4.44. The Morgan fingerprint density at radius 1 is 1.24 bits per heavy atom.